The molecule has 0 spiro atoms. The van der Waals surface area contributed by atoms with Crippen molar-refractivity contribution in [1.29, 1.82) is 0 Å². The van der Waals surface area contributed by atoms with Crippen molar-refractivity contribution >= 4 is 11.6 Å². The molecule has 1 aliphatic heterocycles. The van der Waals surface area contributed by atoms with Gasteiger partial charge < -0.3 is 14.5 Å². The normalized spacial score (nSPS) is 19.9. The number of aliphatic hydroxyl groups excluding tert-OH is 1. The molecule has 1 amide bonds. The van der Waals surface area contributed by atoms with Gasteiger partial charge in [-0.1, -0.05) is 29.4 Å². The Hall–Kier alpha value is -3.59. The first-order valence-corrected chi connectivity index (χ1v) is 10.1. The second-order valence-corrected chi connectivity index (χ2v) is 7.90. The van der Waals surface area contributed by atoms with Crippen molar-refractivity contribution in [2.45, 2.75) is 18.9 Å². The molecule has 0 saturated carbocycles. The van der Waals surface area contributed by atoms with Crippen LogP contribution in [-0.4, -0.2) is 48.6 Å². The van der Waals surface area contributed by atoms with E-state index >= 15 is 0 Å². The van der Waals surface area contributed by atoms with Gasteiger partial charge in [0.1, 0.15) is 5.65 Å². The van der Waals surface area contributed by atoms with E-state index in [2.05, 4.69) is 15.1 Å². The number of carbonyl (C=O) groups is 1. The van der Waals surface area contributed by atoms with Crippen LogP contribution in [0.4, 0.5) is 4.39 Å². The molecule has 1 aromatic carbocycles. The van der Waals surface area contributed by atoms with Gasteiger partial charge in [0.2, 0.25) is 17.7 Å². The van der Waals surface area contributed by atoms with E-state index in [1.807, 2.05) is 18.2 Å². The van der Waals surface area contributed by atoms with E-state index in [0.717, 1.165) is 23.1 Å². The summed E-state index contributed by atoms with van der Waals surface area (Å²) in [6.07, 6.45) is 2.76. The van der Waals surface area contributed by atoms with E-state index < -0.39 is 5.95 Å². The maximum atomic E-state index is 14.8. The van der Waals surface area contributed by atoms with Crippen LogP contribution in [0.5, 0.6) is 0 Å². The van der Waals surface area contributed by atoms with Crippen molar-refractivity contribution in [3.8, 4) is 23.0 Å². The van der Waals surface area contributed by atoms with Crippen LogP contribution in [0.1, 0.15) is 23.6 Å². The summed E-state index contributed by atoms with van der Waals surface area (Å²) in [6, 6.07) is 11.0. The lowest BCUT2D eigenvalue weighted by atomic mass is 10.0. The zero-order valence-corrected chi connectivity index (χ0v) is 16.4. The fraction of sp³-hybridized carbons (Fsp3) is 0.273. The van der Waals surface area contributed by atoms with Crippen molar-refractivity contribution in [1.82, 2.24) is 24.4 Å². The van der Waals surface area contributed by atoms with Gasteiger partial charge in [0.25, 0.3) is 5.89 Å². The molecular weight excluding hydrogens is 401 g/mol. The van der Waals surface area contributed by atoms with Gasteiger partial charge in [-0.3, -0.25) is 9.20 Å². The third-order valence-corrected chi connectivity index (χ3v) is 6.22. The number of aliphatic hydroxyl groups is 1. The van der Waals surface area contributed by atoms with Crippen molar-refractivity contribution < 1.29 is 18.8 Å². The Morgan fingerprint density at radius 1 is 1.16 bits per heavy atom. The third kappa shape index (κ3) is 2.63. The number of imidazole rings is 1. The van der Waals surface area contributed by atoms with E-state index in [1.165, 1.54) is 4.40 Å². The maximum absolute atomic E-state index is 14.8. The first-order chi connectivity index (χ1) is 15.2. The molecule has 0 bridgehead atoms. The highest BCUT2D eigenvalue weighted by Crippen LogP contribution is 2.49. The largest absolute Gasteiger partial charge is 0.395 e. The van der Waals surface area contributed by atoms with E-state index in [1.54, 1.807) is 29.3 Å². The quantitative estimate of drug-likeness (QED) is 0.546. The summed E-state index contributed by atoms with van der Waals surface area (Å²) >= 11 is 0. The number of β-amino-alcohol motifs (C(OH)–C–C–N with tert-alkyl or cyclic N) is 1. The Balaban J connectivity index is 1.40. The van der Waals surface area contributed by atoms with E-state index in [9.17, 15) is 14.3 Å². The molecule has 0 radical (unpaired) electrons. The van der Waals surface area contributed by atoms with Crippen molar-refractivity contribution in [2.75, 3.05) is 13.2 Å². The molecule has 1 N–H and O–H groups in total. The Labute approximate surface area is 175 Å². The number of pyridine rings is 1. The standard InChI is InChI=1S/C22H18FN5O3/c23-20-18(24-16-6-1-2-7-27(16)20)22-25-21(26-31-22)14-5-3-4-13-15(14)10-12-11-17(30)28(8-9-29)19(12)13/h1-7,12,19,29H,8-11H2. The van der Waals surface area contributed by atoms with Crippen LogP contribution >= 0.6 is 0 Å². The summed E-state index contributed by atoms with van der Waals surface area (Å²) in [7, 11) is 0. The highest BCUT2D eigenvalue weighted by Gasteiger charge is 2.46. The number of benzene rings is 1. The maximum Gasteiger partial charge on any atom is 0.281 e. The van der Waals surface area contributed by atoms with Crippen molar-refractivity contribution in [2.24, 2.45) is 5.92 Å². The van der Waals surface area contributed by atoms with Crippen molar-refractivity contribution in [3.63, 3.8) is 0 Å². The molecule has 2 aliphatic rings. The van der Waals surface area contributed by atoms with Crippen LogP contribution in [0, 0.1) is 11.9 Å². The van der Waals surface area contributed by atoms with Gasteiger partial charge in [0, 0.05) is 24.7 Å². The second kappa shape index (κ2) is 6.71. The molecule has 2 atom stereocenters. The minimum atomic E-state index is -0.559. The fourth-order valence-electron chi connectivity index (χ4n) is 4.95. The number of rotatable bonds is 4. The first kappa shape index (κ1) is 18.2. The summed E-state index contributed by atoms with van der Waals surface area (Å²) in [6.45, 7) is 0.256. The molecular formula is C22H18FN5O3. The molecule has 6 rings (SSSR count). The number of nitrogens with zero attached hydrogens (tertiary/aromatic N) is 5. The predicted octanol–water partition coefficient (Wildman–Crippen LogP) is 2.63. The lowest BCUT2D eigenvalue weighted by molar-refractivity contribution is -0.129. The predicted molar refractivity (Wildman–Crippen MR) is 107 cm³/mol. The SMILES string of the molecule is O=C1CC2Cc3c(-c4noc(-c5nc6ccccn6c5F)n4)cccc3C2N1CCO. The number of aromatic nitrogens is 4. The number of carbonyl (C=O) groups excluding carboxylic acids is 1. The minimum absolute atomic E-state index is 0.00844. The molecule has 9 heteroatoms. The molecule has 2 unspecified atom stereocenters. The molecule has 1 fully saturated rings. The third-order valence-electron chi connectivity index (χ3n) is 6.22. The van der Waals surface area contributed by atoms with Gasteiger partial charge >= 0.3 is 0 Å². The average molecular weight is 419 g/mol. The van der Waals surface area contributed by atoms with Crippen LogP contribution in [-0.2, 0) is 11.2 Å². The monoisotopic (exact) mass is 419 g/mol. The van der Waals surface area contributed by atoms with Crippen LogP contribution in [0.15, 0.2) is 47.1 Å². The van der Waals surface area contributed by atoms with Crippen LogP contribution in [0.2, 0.25) is 0 Å². The smallest absolute Gasteiger partial charge is 0.281 e. The summed E-state index contributed by atoms with van der Waals surface area (Å²) in [4.78, 5) is 22.8. The zero-order valence-electron chi connectivity index (χ0n) is 16.4. The molecule has 1 aliphatic carbocycles. The molecule has 4 heterocycles. The number of halogens is 1. The second-order valence-electron chi connectivity index (χ2n) is 7.90. The summed E-state index contributed by atoms with van der Waals surface area (Å²) < 4.78 is 21.5. The number of hydrogen-bond acceptors (Lipinski definition) is 6. The van der Waals surface area contributed by atoms with Crippen LogP contribution in [0.25, 0.3) is 28.6 Å². The Kier molecular flexibility index (Phi) is 3.94. The van der Waals surface area contributed by atoms with Crippen LogP contribution in [0.3, 0.4) is 0 Å². The zero-order chi connectivity index (χ0) is 21.1. The van der Waals surface area contributed by atoms with Gasteiger partial charge in [-0.25, -0.2) is 4.98 Å². The summed E-state index contributed by atoms with van der Waals surface area (Å²) in [5.41, 5.74) is 3.39. The van der Waals surface area contributed by atoms with E-state index in [0.29, 0.717) is 24.4 Å². The fourth-order valence-corrected chi connectivity index (χ4v) is 4.95. The molecule has 8 nitrogen and oxygen atoms in total. The van der Waals surface area contributed by atoms with Gasteiger partial charge in [-0.2, -0.15) is 9.37 Å². The lowest BCUT2D eigenvalue weighted by Gasteiger charge is -2.24. The Morgan fingerprint density at radius 3 is 2.90 bits per heavy atom. The first-order valence-electron chi connectivity index (χ1n) is 10.1. The minimum Gasteiger partial charge on any atom is -0.395 e. The summed E-state index contributed by atoms with van der Waals surface area (Å²) in [5, 5.41) is 13.5. The van der Waals surface area contributed by atoms with Gasteiger partial charge in [0.05, 0.1) is 12.6 Å². The molecule has 4 aromatic rings. The Morgan fingerprint density at radius 2 is 2.06 bits per heavy atom. The highest BCUT2D eigenvalue weighted by molar-refractivity contribution is 5.81. The molecule has 3 aromatic heterocycles. The molecule has 1 saturated heterocycles. The van der Waals surface area contributed by atoms with Crippen molar-refractivity contribution in [3.05, 3.63) is 59.7 Å². The highest BCUT2D eigenvalue weighted by atomic mass is 19.1. The van der Waals surface area contributed by atoms with Gasteiger partial charge in [-0.15, -0.1) is 0 Å². The number of hydrogen-bond donors (Lipinski definition) is 1. The number of likely N-dealkylation sites (tertiary alicyclic amines) is 1. The molecule has 31 heavy (non-hydrogen) atoms. The Bertz CT molecular complexity index is 1330. The number of amides is 1. The topological polar surface area (TPSA) is 96.8 Å². The van der Waals surface area contributed by atoms with E-state index in [-0.39, 0.29) is 36.1 Å². The average Bonchev–Trinajstić information content (AvgIpc) is 3.52. The summed E-state index contributed by atoms with van der Waals surface area (Å²) in [5.74, 6) is 0.0610. The molecule has 156 valence electrons. The van der Waals surface area contributed by atoms with Crippen LogP contribution < -0.4 is 0 Å². The van der Waals surface area contributed by atoms with Gasteiger partial charge in [-0.05, 0) is 35.6 Å². The number of fused-ring (bicyclic) bond motifs is 4. The van der Waals surface area contributed by atoms with E-state index in [4.69, 9.17) is 4.52 Å². The lowest BCUT2D eigenvalue weighted by Crippen LogP contribution is -2.30. The van der Waals surface area contributed by atoms with Gasteiger partial charge in [0.15, 0.2) is 5.69 Å².